The van der Waals surface area contributed by atoms with E-state index in [4.69, 9.17) is 4.74 Å². The predicted octanol–water partition coefficient (Wildman–Crippen LogP) is 2.90. The molecule has 0 radical (unpaired) electrons. The van der Waals surface area contributed by atoms with Crippen LogP contribution in [0.25, 0.3) is 0 Å². The highest BCUT2D eigenvalue weighted by molar-refractivity contribution is 5.89. The number of hydrogen-bond acceptors (Lipinski definition) is 4. The molecule has 7 heteroatoms. The maximum atomic E-state index is 12.3. The minimum Gasteiger partial charge on any atom is -0.494 e. The van der Waals surface area contributed by atoms with Gasteiger partial charge in [-0.05, 0) is 31.9 Å². The average molecular weight is 329 g/mol. The quantitative estimate of drug-likeness (QED) is 0.884. The molecule has 0 fully saturated rings. The number of hydrogen-bond donors (Lipinski definition) is 2. The van der Waals surface area contributed by atoms with Crippen molar-refractivity contribution in [2.45, 2.75) is 45.7 Å². The molecule has 128 valence electrons. The number of carbonyl (C=O) groups excluding carboxylic acids is 1. The number of aryl methyl sites for hydroxylation is 2. The first-order valence-corrected chi connectivity index (χ1v) is 8.43. The molecule has 2 amide bonds. The van der Waals surface area contributed by atoms with Gasteiger partial charge in [-0.25, -0.2) is 14.5 Å². The molecule has 1 aliphatic rings. The molecule has 7 nitrogen and oxygen atoms in total. The van der Waals surface area contributed by atoms with Crippen molar-refractivity contribution in [1.82, 2.24) is 20.1 Å². The van der Waals surface area contributed by atoms with Gasteiger partial charge >= 0.3 is 6.03 Å². The zero-order valence-electron chi connectivity index (χ0n) is 14.1. The number of fused-ring (bicyclic) bond motifs is 1. The second kappa shape index (κ2) is 7.33. The third kappa shape index (κ3) is 3.67. The van der Waals surface area contributed by atoms with Gasteiger partial charge in [-0.15, -0.1) is 0 Å². The van der Waals surface area contributed by atoms with Gasteiger partial charge in [-0.1, -0.05) is 13.0 Å². The van der Waals surface area contributed by atoms with Crippen molar-refractivity contribution >= 4 is 11.7 Å². The molecule has 0 saturated heterocycles. The van der Waals surface area contributed by atoms with Gasteiger partial charge in [0.25, 0.3) is 0 Å². The SMILES string of the molecule is CCOc1cccc(NC(=O)NC2CCCn3nc(CC)nc32)c1. The third-order valence-corrected chi connectivity index (χ3v) is 3.94. The van der Waals surface area contributed by atoms with Gasteiger partial charge in [0, 0.05) is 24.7 Å². The van der Waals surface area contributed by atoms with Crippen LogP contribution in [0.15, 0.2) is 24.3 Å². The fraction of sp³-hybridized carbons (Fsp3) is 0.471. The van der Waals surface area contributed by atoms with E-state index in [2.05, 4.69) is 20.7 Å². The van der Waals surface area contributed by atoms with Crippen molar-refractivity contribution < 1.29 is 9.53 Å². The number of rotatable bonds is 5. The van der Waals surface area contributed by atoms with Gasteiger partial charge in [0.05, 0.1) is 12.6 Å². The second-order valence-corrected chi connectivity index (χ2v) is 5.72. The van der Waals surface area contributed by atoms with Crippen molar-refractivity contribution in [2.75, 3.05) is 11.9 Å². The van der Waals surface area contributed by atoms with Crippen LogP contribution in [0.3, 0.4) is 0 Å². The van der Waals surface area contributed by atoms with E-state index < -0.39 is 0 Å². The molecule has 1 aromatic carbocycles. The van der Waals surface area contributed by atoms with E-state index in [-0.39, 0.29) is 12.1 Å². The van der Waals surface area contributed by atoms with E-state index in [1.165, 1.54) is 0 Å². The molecule has 24 heavy (non-hydrogen) atoms. The summed E-state index contributed by atoms with van der Waals surface area (Å²) in [5, 5.41) is 10.3. The maximum Gasteiger partial charge on any atom is 0.319 e. The first-order valence-electron chi connectivity index (χ1n) is 8.43. The molecule has 2 N–H and O–H groups in total. The van der Waals surface area contributed by atoms with E-state index in [9.17, 15) is 4.79 Å². The molecule has 1 unspecified atom stereocenters. The van der Waals surface area contributed by atoms with E-state index in [0.29, 0.717) is 12.3 Å². The first kappa shape index (κ1) is 16.3. The average Bonchev–Trinajstić information content (AvgIpc) is 3.00. The number of amides is 2. The van der Waals surface area contributed by atoms with Gasteiger partial charge in [-0.3, -0.25) is 0 Å². The van der Waals surface area contributed by atoms with E-state index in [1.54, 1.807) is 0 Å². The van der Waals surface area contributed by atoms with Crippen LogP contribution in [-0.4, -0.2) is 27.4 Å². The molecule has 2 heterocycles. The Morgan fingerprint density at radius 1 is 1.42 bits per heavy atom. The molecule has 0 bridgehead atoms. The van der Waals surface area contributed by atoms with Crippen LogP contribution < -0.4 is 15.4 Å². The Labute approximate surface area is 141 Å². The number of nitrogens with one attached hydrogen (secondary N) is 2. The zero-order valence-corrected chi connectivity index (χ0v) is 14.1. The summed E-state index contributed by atoms with van der Waals surface area (Å²) in [6, 6.07) is 7.00. The topological polar surface area (TPSA) is 81.1 Å². The van der Waals surface area contributed by atoms with E-state index in [0.717, 1.165) is 43.2 Å². The highest BCUT2D eigenvalue weighted by Gasteiger charge is 2.25. The Morgan fingerprint density at radius 3 is 3.08 bits per heavy atom. The fourth-order valence-electron chi connectivity index (χ4n) is 2.84. The highest BCUT2D eigenvalue weighted by atomic mass is 16.5. The Kier molecular flexibility index (Phi) is 4.98. The second-order valence-electron chi connectivity index (χ2n) is 5.72. The van der Waals surface area contributed by atoms with Gasteiger partial charge in [0.15, 0.2) is 5.82 Å². The molecule has 1 aromatic heterocycles. The largest absolute Gasteiger partial charge is 0.494 e. The molecule has 2 aromatic rings. The van der Waals surface area contributed by atoms with Gasteiger partial charge in [-0.2, -0.15) is 5.10 Å². The van der Waals surface area contributed by atoms with Crippen molar-refractivity contribution in [3.05, 3.63) is 35.9 Å². The lowest BCUT2D eigenvalue weighted by molar-refractivity contribution is 0.244. The minimum absolute atomic E-state index is 0.110. The zero-order chi connectivity index (χ0) is 16.9. The highest BCUT2D eigenvalue weighted by Crippen LogP contribution is 2.23. The standard InChI is InChI=1S/C17H23N5O2/c1-3-15-20-16-14(9-6-10-22(16)21-15)19-17(23)18-12-7-5-8-13(11-12)24-4-2/h5,7-8,11,14H,3-4,6,9-10H2,1-2H3,(H2,18,19,23). The molecule has 1 atom stereocenters. The number of aromatic nitrogens is 3. The van der Waals surface area contributed by atoms with Crippen LogP contribution in [0.1, 0.15) is 44.4 Å². The van der Waals surface area contributed by atoms with Crippen LogP contribution in [0, 0.1) is 0 Å². The van der Waals surface area contributed by atoms with Crippen molar-refractivity contribution in [3.63, 3.8) is 0 Å². The molecule has 0 saturated carbocycles. The van der Waals surface area contributed by atoms with Crippen molar-refractivity contribution in [1.29, 1.82) is 0 Å². The number of anilines is 1. The molecular formula is C17H23N5O2. The number of ether oxygens (including phenoxy) is 1. The molecule has 3 rings (SSSR count). The monoisotopic (exact) mass is 329 g/mol. The van der Waals surface area contributed by atoms with Crippen LogP contribution in [0.2, 0.25) is 0 Å². The van der Waals surface area contributed by atoms with E-state index in [1.807, 2.05) is 42.8 Å². The lowest BCUT2D eigenvalue weighted by atomic mass is 10.1. The van der Waals surface area contributed by atoms with Gasteiger partial charge in [0.1, 0.15) is 11.6 Å². The van der Waals surface area contributed by atoms with Crippen LogP contribution in [-0.2, 0) is 13.0 Å². The molecular weight excluding hydrogens is 306 g/mol. The molecule has 1 aliphatic heterocycles. The maximum absolute atomic E-state index is 12.3. The van der Waals surface area contributed by atoms with Gasteiger partial charge in [0.2, 0.25) is 0 Å². The summed E-state index contributed by atoms with van der Waals surface area (Å²) >= 11 is 0. The Balaban J connectivity index is 1.65. The summed E-state index contributed by atoms with van der Waals surface area (Å²) in [4.78, 5) is 16.9. The minimum atomic E-state index is -0.247. The normalized spacial score (nSPS) is 16.3. The lowest BCUT2D eigenvalue weighted by Crippen LogP contribution is -2.36. The Morgan fingerprint density at radius 2 is 2.29 bits per heavy atom. The summed E-state index contributed by atoms with van der Waals surface area (Å²) in [5.74, 6) is 2.40. The smallest absolute Gasteiger partial charge is 0.319 e. The van der Waals surface area contributed by atoms with Crippen molar-refractivity contribution in [2.24, 2.45) is 0 Å². The lowest BCUT2D eigenvalue weighted by Gasteiger charge is -2.23. The summed E-state index contributed by atoms with van der Waals surface area (Å²) < 4.78 is 7.35. The molecule has 0 spiro atoms. The van der Waals surface area contributed by atoms with E-state index >= 15 is 0 Å². The molecule has 0 aliphatic carbocycles. The summed E-state index contributed by atoms with van der Waals surface area (Å²) in [6.45, 7) is 5.41. The third-order valence-electron chi connectivity index (χ3n) is 3.94. The summed E-state index contributed by atoms with van der Waals surface area (Å²) in [7, 11) is 0. The summed E-state index contributed by atoms with van der Waals surface area (Å²) in [5.41, 5.74) is 0.699. The number of urea groups is 1. The Hall–Kier alpha value is -2.57. The number of nitrogens with zero attached hydrogens (tertiary/aromatic N) is 3. The first-order chi connectivity index (χ1) is 11.7. The van der Waals surface area contributed by atoms with Crippen LogP contribution in [0.4, 0.5) is 10.5 Å². The van der Waals surface area contributed by atoms with Crippen LogP contribution in [0.5, 0.6) is 5.75 Å². The fourth-order valence-corrected chi connectivity index (χ4v) is 2.84. The van der Waals surface area contributed by atoms with Gasteiger partial charge < -0.3 is 15.4 Å². The number of benzene rings is 1. The predicted molar refractivity (Wildman–Crippen MR) is 91.1 cm³/mol. The van der Waals surface area contributed by atoms with Crippen molar-refractivity contribution in [3.8, 4) is 5.75 Å². The summed E-state index contributed by atoms with van der Waals surface area (Å²) in [6.07, 6.45) is 2.64. The Bertz CT molecular complexity index is 713. The number of carbonyl (C=O) groups is 1. The van der Waals surface area contributed by atoms with Crippen LogP contribution >= 0.6 is 0 Å².